The normalized spacial score (nSPS) is 17.5. The summed E-state index contributed by atoms with van der Waals surface area (Å²) in [5, 5.41) is 3.95. The standard InChI is InChI=1S/C26H26N6O3S2/c1-35-23-11-10-19(15-21(23)30-37(2,33)34)32-25(24(29-26(32)36)20-8-3-4-13-28-20)22-9-6-14-31(22)17-18-7-5-12-27-16-18/h3-16,24-25,30H,17H2,1-2H3,(H,29,36)/t24-,25+/m0/s1. The molecule has 0 unspecified atom stereocenters. The van der Waals surface area contributed by atoms with Crippen LogP contribution in [-0.2, 0) is 16.6 Å². The fourth-order valence-corrected chi connectivity index (χ4v) is 5.49. The highest BCUT2D eigenvalue weighted by molar-refractivity contribution is 7.92. The number of hydrogen-bond acceptors (Lipinski definition) is 6. The number of methoxy groups -OCH3 is 1. The van der Waals surface area contributed by atoms with E-state index in [0.29, 0.717) is 28.8 Å². The molecule has 9 nitrogen and oxygen atoms in total. The predicted octanol–water partition coefficient (Wildman–Crippen LogP) is 3.88. The minimum absolute atomic E-state index is 0.246. The van der Waals surface area contributed by atoms with Gasteiger partial charge >= 0.3 is 0 Å². The van der Waals surface area contributed by atoms with Crippen LogP contribution < -0.4 is 19.7 Å². The van der Waals surface area contributed by atoms with Crippen LogP contribution in [-0.4, -0.2) is 41.4 Å². The van der Waals surface area contributed by atoms with Gasteiger partial charge in [0.25, 0.3) is 0 Å². The van der Waals surface area contributed by atoms with Gasteiger partial charge in [-0.2, -0.15) is 0 Å². The van der Waals surface area contributed by atoms with E-state index in [1.165, 1.54) is 7.11 Å². The number of pyridine rings is 2. The molecule has 190 valence electrons. The lowest BCUT2D eigenvalue weighted by atomic mass is 10.0. The van der Waals surface area contributed by atoms with Crippen LogP contribution in [0.15, 0.2) is 85.5 Å². The molecule has 0 amide bonds. The number of nitrogens with one attached hydrogen (secondary N) is 2. The molecule has 0 spiro atoms. The van der Waals surface area contributed by atoms with E-state index in [0.717, 1.165) is 23.2 Å². The largest absolute Gasteiger partial charge is 0.495 e. The van der Waals surface area contributed by atoms with Crippen LogP contribution in [0.2, 0.25) is 0 Å². The van der Waals surface area contributed by atoms with Gasteiger partial charge in [-0.3, -0.25) is 14.7 Å². The smallest absolute Gasteiger partial charge is 0.229 e. The molecule has 37 heavy (non-hydrogen) atoms. The van der Waals surface area contributed by atoms with E-state index in [1.807, 2.05) is 59.8 Å². The second kappa shape index (κ2) is 10.2. The van der Waals surface area contributed by atoms with E-state index in [9.17, 15) is 8.42 Å². The molecule has 11 heteroatoms. The van der Waals surface area contributed by atoms with Crippen LogP contribution >= 0.6 is 12.2 Å². The zero-order valence-electron chi connectivity index (χ0n) is 20.3. The van der Waals surface area contributed by atoms with Gasteiger partial charge in [-0.1, -0.05) is 12.1 Å². The SMILES string of the molecule is COc1ccc(N2C(=S)N[C@@H](c3ccccn3)[C@H]2c2cccn2Cc2cccnc2)cc1NS(C)(=O)=O. The molecule has 1 aliphatic rings. The third-order valence-corrected chi connectivity index (χ3v) is 7.00. The summed E-state index contributed by atoms with van der Waals surface area (Å²) < 4.78 is 34.2. The van der Waals surface area contributed by atoms with Crippen LogP contribution in [0.4, 0.5) is 11.4 Å². The van der Waals surface area contributed by atoms with Gasteiger partial charge in [0.15, 0.2) is 5.11 Å². The molecule has 0 bridgehead atoms. The summed E-state index contributed by atoms with van der Waals surface area (Å²) in [6.45, 7) is 0.631. The number of ether oxygens (including phenoxy) is 1. The lowest BCUT2D eigenvalue weighted by molar-refractivity contribution is 0.417. The number of sulfonamides is 1. The Balaban J connectivity index is 1.62. The maximum atomic E-state index is 12.0. The second-order valence-corrected chi connectivity index (χ2v) is 10.8. The molecule has 0 aliphatic carbocycles. The zero-order chi connectivity index (χ0) is 26.0. The molecule has 1 fully saturated rings. The molecule has 1 aromatic carbocycles. The summed E-state index contributed by atoms with van der Waals surface area (Å²) in [6, 6.07) is 18.6. The Labute approximate surface area is 221 Å². The van der Waals surface area contributed by atoms with Gasteiger partial charge in [0.1, 0.15) is 11.8 Å². The Morgan fingerprint density at radius 3 is 2.68 bits per heavy atom. The molecule has 5 rings (SSSR count). The molecule has 4 aromatic rings. The van der Waals surface area contributed by atoms with Gasteiger partial charge in [-0.05, 0) is 66.3 Å². The molecule has 1 saturated heterocycles. The van der Waals surface area contributed by atoms with Crippen molar-refractivity contribution >= 4 is 38.7 Å². The van der Waals surface area contributed by atoms with Crippen molar-refractivity contribution in [2.45, 2.75) is 18.6 Å². The van der Waals surface area contributed by atoms with Gasteiger partial charge < -0.3 is 19.5 Å². The number of thiocarbonyl (C=S) groups is 1. The van der Waals surface area contributed by atoms with Gasteiger partial charge in [-0.15, -0.1) is 0 Å². The number of aromatic nitrogens is 3. The molecule has 2 atom stereocenters. The van der Waals surface area contributed by atoms with Crippen LogP contribution in [0.1, 0.15) is 29.0 Å². The van der Waals surface area contributed by atoms with E-state index < -0.39 is 10.0 Å². The van der Waals surface area contributed by atoms with Crippen LogP contribution in [0, 0.1) is 0 Å². The Kier molecular flexibility index (Phi) is 6.81. The molecule has 0 radical (unpaired) electrons. The molecular formula is C26H26N6O3S2. The molecule has 0 saturated carbocycles. The highest BCUT2D eigenvalue weighted by Gasteiger charge is 2.42. The number of anilines is 2. The molecule has 4 heterocycles. The van der Waals surface area contributed by atoms with Crippen LogP contribution in [0.5, 0.6) is 5.75 Å². The predicted molar refractivity (Wildman–Crippen MR) is 147 cm³/mol. The summed E-state index contributed by atoms with van der Waals surface area (Å²) in [5.74, 6) is 0.407. The highest BCUT2D eigenvalue weighted by atomic mass is 32.2. The second-order valence-electron chi connectivity index (χ2n) is 8.68. The lowest BCUT2D eigenvalue weighted by Gasteiger charge is -2.29. The number of nitrogens with zero attached hydrogens (tertiary/aromatic N) is 4. The summed E-state index contributed by atoms with van der Waals surface area (Å²) in [4.78, 5) is 10.9. The molecule has 2 N–H and O–H groups in total. The van der Waals surface area contributed by atoms with Gasteiger partial charge in [0.05, 0.1) is 30.8 Å². The Morgan fingerprint density at radius 1 is 1.11 bits per heavy atom. The molecular weight excluding hydrogens is 508 g/mol. The van der Waals surface area contributed by atoms with Crippen molar-refractivity contribution in [3.63, 3.8) is 0 Å². The first-order chi connectivity index (χ1) is 17.8. The average molecular weight is 535 g/mol. The average Bonchev–Trinajstić information content (AvgIpc) is 3.47. The van der Waals surface area contributed by atoms with Gasteiger partial charge in [-0.25, -0.2) is 8.42 Å². The van der Waals surface area contributed by atoms with Crippen molar-refractivity contribution in [1.82, 2.24) is 19.9 Å². The number of hydrogen-bond donors (Lipinski definition) is 2. The Hall–Kier alpha value is -3.96. The first-order valence-corrected chi connectivity index (χ1v) is 13.8. The maximum absolute atomic E-state index is 12.0. The van der Waals surface area contributed by atoms with Crippen molar-refractivity contribution in [2.75, 3.05) is 23.0 Å². The van der Waals surface area contributed by atoms with E-state index >= 15 is 0 Å². The van der Waals surface area contributed by atoms with E-state index in [1.54, 1.807) is 24.5 Å². The number of benzene rings is 1. The quantitative estimate of drug-likeness (QED) is 0.329. The highest BCUT2D eigenvalue weighted by Crippen LogP contribution is 2.43. The van der Waals surface area contributed by atoms with Gasteiger partial charge in [0.2, 0.25) is 10.0 Å². The fraction of sp³-hybridized carbons (Fsp3) is 0.192. The monoisotopic (exact) mass is 534 g/mol. The van der Waals surface area contributed by atoms with Crippen molar-refractivity contribution in [1.29, 1.82) is 0 Å². The minimum atomic E-state index is -3.53. The Morgan fingerprint density at radius 2 is 1.97 bits per heavy atom. The van der Waals surface area contributed by atoms with E-state index in [-0.39, 0.29) is 12.1 Å². The summed E-state index contributed by atoms with van der Waals surface area (Å²) in [6.07, 6.45) is 8.50. The molecule has 3 aromatic heterocycles. The first kappa shape index (κ1) is 24.7. The third-order valence-electron chi connectivity index (χ3n) is 6.10. The van der Waals surface area contributed by atoms with Crippen LogP contribution in [0.3, 0.4) is 0 Å². The first-order valence-electron chi connectivity index (χ1n) is 11.5. The van der Waals surface area contributed by atoms with Crippen molar-refractivity contribution < 1.29 is 13.2 Å². The fourth-order valence-electron chi connectivity index (χ4n) is 4.59. The zero-order valence-corrected chi connectivity index (χ0v) is 21.9. The molecule has 1 aliphatic heterocycles. The van der Waals surface area contributed by atoms with Crippen LogP contribution in [0.25, 0.3) is 0 Å². The summed E-state index contributed by atoms with van der Waals surface area (Å²) in [7, 11) is -2.04. The van der Waals surface area contributed by atoms with Crippen molar-refractivity contribution in [3.8, 4) is 5.75 Å². The van der Waals surface area contributed by atoms with E-state index in [2.05, 4.69) is 30.6 Å². The maximum Gasteiger partial charge on any atom is 0.229 e. The van der Waals surface area contributed by atoms with Gasteiger partial charge in [0, 0.05) is 42.7 Å². The topological polar surface area (TPSA) is 101 Å². The summed E-state index contributed by atoms with van der Waals surface area (Å²) >= 11 is 5.84. The third kappa shape index (κ3) is 5.27. The minimum Gasteiger partial charge on any atom is -0.495 e. The van der Waals surface area contributed by atoms with Crippen molar-refractivity contribution in [2.24, 2.45) is 0 Å². The van der Waals surface area contributed by atoms with Crippen molar-refractivity contribution in [3.05, 3.63) is 102 Å². The number of rotatable bonds is 8. The summed E-state index contributed by atoms with van der Waals surface area (Å²) in [5.41, 5.74) is 3.96. The Bertz CT molecular complexity index is 1510. The lowest BCUT2D eigenvalue weighted by Crippen LogP contribution is -2.30. The van der Waals surface area contributed by atoms with E-state index in [4.69, 9.17) is 17.0 Å².